The molecule has 0 spiro atoms. The van der Waals surface area contributed by atoms with Gasteiger partial charge in [-0.2, -0.15) is 0 Å². The van der Waals surface area contributed by atoms with Crippen molar-refractivity contribution in [3.63, 3.8) is 0 Å². The van der Waals surface area contributed by atoms with Crippen LogP contribution in [0.25, 0.3) is 0 Å². The van der Waals surface area contributed by atoms with Crippen molar-refractivity contribution in [2.75, 3.05) is 0 Å². The van der Waals surface area contributed by atoms with Crippen molar-refractivity contribution in [2.45, 2.75) is 5.88 Å². The second-order valence-electron chi connectivity index (χ2n) is 3.04. The molecule has 0 fully saturated rings. The van der Waals surface area contributed by atoms with Gasteiger partial charge in [-0.15, -0.1) is 11.6 Å². The molecule has 5 heteroatoms. The van der Waals surface area contributed by atoms with E-state index in [0.717, 1.165) is 0 Å². The second-order valence-corrected chi connectivity index (χ2v) is 3.74. The van der Waals surface area contributed by atoms with Crippen molar-refractivity contribution >= 4 is 23.2 Å². The molecule has 1 aromatic heterocycles. The lowest BCUT2D eigenvalue weighted by Crippen LogP contribution is -1.91. The minimum atomic E-state index is 0.338. The van der Waals surface area contributed by atoms with Crippen molar-refractivity contribution in [3.8, 4) is 11.6 Å². The molecule has 2 rings (SSSR count). The fourth-order valence-electron chi connectivity index (χ4n) is 1.12. The van der Waals surface area contributed by atoms with Gasteiger partial charge in [0.05, 0.1) is 24.0 Å². The first kappa shape index (κ1) is 11.2. The number of ether oxygens (including phenoxy) is 1. The van der Waals surface area contributed by atoms with Crippen LogP contribution in [-0.4, -0.2) is 9.97 Å². The molecular weight excluding hydrogens is 247 g/mol. The number of rotatable bonds is 3. The van der Waals surface area contributed by atoms with E-state index in [-0.39, 0.29) is 0 Å². The standard InChI is InChI=1S/C11H8Cl2N2O/c12-5-9-6-15-11(7-14-9)16-10-3-1-2-8(13)4-10/h1-4,6-7H,5H2. The van der Waals surface area contributed by atoms with Crippen LogP contribution in [0.15, 0.2) is 36.7 Å². The summed E-state index contributed by atoms with van der Waals surface area (Å²) in [4.78, 5) is 8.13. The molecule has 82 valence electrons. The molecule has 0 saturated carbocycles. The molecule has 0 aliphatic rings. The van der Waals surface area contributed by atoms with Gasteiger partial charge in [-0.3, -0.25) is 4.98 Å². The monoisotopic (exact) mass is 254 g/mol. The lowest BCUT2D eigenvalue weighted by molar-refractivity contribution is 0.459. The third kappa shape index (κ3) is 2.84. The average molecular weight is 255 g/mol. The van der Waals surface area contributed by atoms with Crippen LogP contribution in [0.1, 0.15) is 5.69 Å². The molecule has 0 amide bonds. The van der Waals surface area contributed by atoms with Crippen molar-refractivity contribution in [1.82, 2.24) is 9.97 Å². The zero-order valence-corrected chi connectivity index (χ0v) is 9.74. The molecule has 0 saturated heterocycles. The SMILES string of the molecule is ClCc1cnc(Oc2cccc(Cl)c2)cn1. The summed E-state index contributed by atoms with van der Waals surface area (Å²) in [5.74, 6) is 1.38. The minimum absolute atomic E-state index is 0.338. The van der Waals surface area contributed by atoms with Gasteiger partial charge in [0, 0.05) is 5.02 Å². The average Bonchev–Trinajstić information content (AvgIpc) is 2.30. The van der Waals surface area contributed by atoms with Crippen LogP contribution < -0.4 is 4.74 Å². The Morgan fingerprint density at radius 2 is 2.06 bits per heavy atom. The van der Waals surface area contributed by atoms with Crippen LogP contribution in [0.2, 0.25) is 5.02 Å². The van der Waals surface area contributed by atoms with Crippen molar-refractivity contribution in [3.05, 3.63) is 47.4 Å². The van der Waals surface area contributed by atoms with E-state index in [1.807, 2.05) is 0 Å². The van der Waals surface area contributed by atoms with Crippen LogP contribution in [-0.2, 0) is 5.88 Å². The fourth-order valence-corrected chi connectivity index (χ4v) is 1.43. The highest BCUT2D eigenvalue weighted by Crippen LogP contribution is 2.22. The Morgan fingerprint density at radius 1 is 1.19 bits per heavy atom. The molecule has 1 aromatic carbocycles. The van der Waals surface area contributed by atoms with Gasteiger partial charge in [0.15, 0.2) is 0 Å². The van der Waals surface area contributed by atoms with Crippen LogP contribution in [0.4, 0.5) is 0 Å². The lowest BCUT2D eigenvalue weighted by atomic mass is 10.3. The number of hydrogen-bond acceptors (Lipinski definition) is 3. The first-order valence-corrected chi connectivity index (χ1v) is 5.49. The van der Waals surface area contributed by atoms with E-state index in [1.54, 1.807) is 30.5 Å². The number of alkyl halides is 1. The number of hydrogen-bond donors (Lipinski definition) is 0. The summed E-state index contributed by atoms with van der Waals surface area (Å²) in [7, 11) is 0. The normalized spacial score (nSPS) is 10.1. The van der Waals surface area contributed by atoms with Crippen LogP contribution in [0.3, 0.4) is 0 Å². The van der Waals surface area contributed by atoms with Crippen LogP contribution >= 0.6 is 23.2 Å². The molecule has 0 bridgehead atoms. The van der Waals surface area contributed by atoms with E-state index in [9.17, 15) is 0 Å². The highest BCUT2D eigenvalue weighted by Gasteiger charge is 2.00. The van der Waals surface area contributed by atoms with Crippen molar-refractivity contribution in [2.24, 2.45) is 0 Å². The van der Waals surface area contributed by atoms with Gasteiger partial charge >= 0.3 is 0 Å². The van der Waals surface area contributed by atoms with Gasteiger partial charge in [-0.1, -0.05) is 17.7 Å². The fraction of sp³-hybridized carbons (Fsp3) is 0.0909. The molecular formula is C11H8Cl2N2O. The number of benzene rings is 1. The third-order valence-electron chi connectivity index (χ3n) is 1.84. The summed E-state index contributed by atoms with van der Waals surface area (Å²) in [5, 5.41) is 0.614. The predicted octanol–water partition coefficient (Wildman–Crippen LogP) is 3.66. The van der Waals surface area contributed by atoms with E-state index in [4.69, 9.17) is 27.9 Å². The Bertz CT molecular complexity index is 474. The summed E-state index contributed by atoms with van der Waals surface area (Å²) in [5.41, 5.74) is 0.708. The van der Waals surface area contributed by atoms with Crippen molar-refractivity contribution in [1.29, 1.82) is 0 Å². The maximum Gasteiger partial charge on any atom is 0.237 e. The molecule has 1 heterocycles. The van der Waals surface area contributed by atoms with Crippen LogP contribution in [0.5, 0.6) is 11.6 Å². The zero-order chi connectivity index (χ0) is 11.4. The molecule has 0 aliphatic heterocycles. The maximum absolute atomic E-state index is 5.83. The van der Waals surface area contributed by atoms with Gasteiger partial charge in [-0.25, -0.2) is 4.98 Å². The molecule has 2 aromatic rings. The maximum atomic E-state index is 5.83. The Labute approximate surface area is 103 Å². The summed E-state index contributed by atoms with van der Waals surface area (Å²) in [6.45, 7) is 0. The number of halogens is 2. The molecule has 0 unspecified atom stereocenters. The van der Waals surface area contributed by atoms with Crippen LogP contribution in [0, 0.1) is 0 Å². The van der Waals surface area contributed by atoms with Gasteiger partial charge in [0.1, 0.15) is 5.75 Å². The van der Waals surface area contributed by atoms with Crippen molar-refractivity contribution < 1.29 is 4.74 Å². The quantitative estimate of drug-likeness (QED) is 0.785. The number of nitrogens with zero attached hydrogens (tertiary/aromatic N) is 2. The van der Waals surface area contributed by atoms with E-state index in [1.165, 1.54) is 6.20 Å². The molecule has 0 N–H and O–H groups in total. The Kier molecular flexibility index (Phi) is 3.59. The summed E-state index contributed by atoms with van der Waals surface area (Å²) in [6, 6.07) is 7.08. The lowest BCUT2D eigenvalue weighted by Gasteiger charge is -2.04. The highest BCUT2D eigenvalue weighted by molar-refractivity contribution is 6.30. The molecule has 0 radical (unpaired) electrons. The Balaban J connectivity index is 2.14. The third-order valence-corrected chi connectivity index (χ3v) is 2.35. The summed E-state index contributed by atoms with van der Waals surface area (Å²) in [6.07, 6.45) is 3.10. The summed E-state index contributed by atoms with van der Waals surface area (Å²) < 4.78 is 5.46. The van der Waals surface area contributed by atoms with Gasteiger partial charge in [0.25, 0.3) is 0 Å². The molecule has 0 aliphatic carbocycles. The first-order valence-electron chi connectivity index (χ1n) is 4.58. The van der Waals surface area contributed by atoms with Gasteiger partial charge in [0.2, 0.25) is 5.88 Å². The second kappa shape index (κ2) is 5.14. The van der Waals surface area contributed by atoms with E-state index >= 15 is 0 Å². The van der Waals surface area contributed by atoms with Gasteiger partial charge in [-0.05, 0) is 18.2 Å². The zero-order valence-electron chi connectivity index (χ0n) is 8.23. The van der Waals surface area contributed by atoms with E-state index < -0.39 is 0 Å². The topological polar surface area (TPSA) is 35.0 Å². The van der Waals surface area contributed by atoms with Gasteiger partial charge < -0.3 is 4.74 Å². The van der Waals surface area contributed by atoms with E-state index in [2.05, 4.69) is 9.97 Å². The van der Waals surface area contributed by atoms with E-state index in [0.29, 0.717) is 28.2 Å². The molecule has 16 heavy (non-hydrogen) atoms. The summed E-state index contributed by atoms with van der Waals surface area (Å²) >= 11 is 11.4. The smallest absolute Gasteiger partial charge is 0.237 e. The minimum Gasteiger partial charge on any atom is -0.437 e. The highest BCUT2D eigenvalue weighted by atomic mass is 35.5. The largest absolute Gasteiger partial charge is 0.437 e. The Hall–Kier alpha value is -1.32. The first-order chi connectivity index (χ1) is 7.78. The Morgan fingerprint density at radius 3 is 2.69 bits per heavy atom. The number of aromatic nitrogens is 2. The predicted molar refractivity (Wildman–Crippen MR) is 63.1 cm³/mol. The molecule has 0 atom stereocenters. The molecule has 3 nitrogen and oxygen atoms in total.